The zero-order valence-electron chi connectivity index (χ0n) is 12.4. The molecular weight excluding hydrogens is 268 g/mol. The Morgan fingerprint density at radius 1 is 1.33 bits per heavy atom. The van der Waals surface area contributed by atoms with E-state index >= 15 is 0 Å². The number of aromatic nitrogens is 2. The Labute approximate surface area is 123 Å². The average Bonchev–Trinajstić information content (AvgIpc) is 2.51. The van der Waals surface area contributed by atoms with Gasteiger partial charge in [0.15, 0.2) is 0 Å². The van der Waals surface area contributed by atoms with Crippen molar-refractivity contribution in [2.24, 2.45) is 0 Å². The third-order valence-corrected chi connectivity index (χ3v) is 4.01. The first kappa shape index (κ1) is 14.0. The molecule has 6 nitrogen and oxygen atoms in total. The number of fused-ring (bicyclic) bond motifs is 1. The molecule has 0 spiro atoms. The van der Waals surface area contributed by atoms with Gasteiger partial charge in [0.05, 0.1) is 18.1 Å². The number of H-pyrrole nitrogens is 1. The van der Waals surface area contributed by atoms with E-state index in [4.69, 9.17) is 4.74 Å². The number of ether oxygens (including phenoxy) is 1. The van der Waals surface area contributed by atoms with Crippen LogP contribution in [0, 0.1) is 6.92 Å². The molecule has 1 aromatic heterocycles. The van der Waals surface area contributed by atoms with E-state index in [1.165, 1.54) is 12.7 Å². The molecule has 0 unspecified atom stereocenters. The van der Waals surface area contributed by atoms with Gasteiger partial charge in [-0.25, -0.2) is 4.98 Å². The van der Waals surface area contributed by atoms with E-state index in [9.17, 15) is 4.79 Å². The molecule has 1 aliphatic heterocycles. The Kier molecular flexibility index (Phi) is 3.90. The van der Waals surface area contributed by atoms with Crippen LogP contribution in [0.1, 0.15) is 11.1 Å². The minimum absolute atomic E-state index is 0.108. The lowest BCUT2D eigenvalue weighted by atomic mass is 10.1. The topological polar surface area (TPSA) is 70.2 Å². The van der Waals surface area contributed by atoms with E-state index in [1.54, 1.807) is 0 Å². The van der Waals surface area contributed by atoms with Crippen molar-refractivity contribution in [3.63, 3.8) is 0 Å². The highest BCUT2D eigenvalue weighted by Crippen LogP contribution is 2.20. The van der Waals surface area contributed by atoms with Gasteiger partial charge < -0.3 is 15.0 Å². The molecular formula is C15H20N4O2. The van der Waals surface area contributed by atoms with Crippen LogP contribution in [-0.2, 0) is 6.54 Å². The number of aromatic amines is 1. The van der Waals surface area contributed by atoms with Gasteiger partial charge in [0.25, 0.3) is 5.88 Å². The average molecular weight is 288 g/mol. The van der Waals surface area contributed by atoms with Crippen molar-refractivity contribution in [3.8, 4) is 5.88 Å². The van der Waals surface area contributed by atoms with E-state index in [2.05, 4.69) is 26.3 Å². The molecule has 1 aromatic carbocycles. The second kappa shape index (κ2) is 5.83. The molecule has 0 bridgehead atoms. The Hall–Kier alpha value is -1.92. The highest BCUT2D eigenvalue weighted by Gasteiger charge is 2.14. The van der Waals surface area contributed by atoms with Crippen molar-refractivity contribution in [1.29, 1.82) is 0 Å². The van der Waals surface area contributed by atoms with Gasteiger partial charge in [0.1, 0.15) is 0 Å². The maximum atomic E-state index is 11.9. The summed E-state index contributed by atoms with van der Waals surface area (Å²) in [5, 5.41) is 3.35. The second-order valence-electron chi connectivity index (χ2n) is 5.35. The van der Waals surface area contributed by atoms with Crippen molar-refractivity contribution in [1.82, 2.24) is 20.2 Å². The first-order chi connectivity index (χ1) is 10.2. The summed E-state index contributed by atoms with van der Waals surface area (Å²) in [5.74, 6) is 0.108. The molecule has 0 atom stereocenters. The van der Waals surface area contributed by atoms with Crippen molar-refractivity contribution in [2.45, 2.75) is 13.5 Å². The van der Waals surface area contributed by atoms with Gasteiger partial charge in [-0.2, -0.15) is 0 Å². The molecule has 1 aliphatic rings. The maximum absolute atomic E-state index is 11.9. The number of hydrogen-bond acceptors (Lipinski definition) is 5. The van der Waals surface area contributed by atoms with E-state index in [0.29, 0.717) is 0 Å². The summed E-state index contributed by atoms with van der Waals surface area (Å²) in [6.07, 6.45) is 0. The molecule has 0 amide bonds. The maximum Gasteiger partial charge on any atom is 0.311 e. The van der Waals surface area contributed by atoms with Crippen molar-refractivity contribution in [2.75, 3.05) is 33.3 Å². The fourth-order valence-corrected chi connectivity index (χ4v) is 2.74. The Balaban J connectivity index is 1.97. The van der Waals surface area contributed by atoms with E-state index < -0.39 is 0 Å². The van der Waals surface area contributed by atoms with Crippen molar-refractivity contribution < 1.29 is 4.74 Å². The molecule has 2 heterocycles. The molecule has 2 N–H and O–H groups in total. The fraction of sp³-hybridized carbons (Fsp3) is 0.467. The summed E-state index contributed by atoms with van der Waals surface area (Å²) in [5.41, 5.74) is 3.58. The number of aryl methyl sites for hydroxylation is 1. The molecule has 0 radical (unpaired) electrons. The van der Waals surface area contributed by atoms with Gasteiger partial charge in [-0.3, -0.25) is 9.69 Å². The van der Waals surface area contributed by atoms with Crippen molar-refractivity contribution in [3.05, 3.63) is 33.6 Å². The zero-order valence-corrected chi connectivity index (χ0v) is 12.4. The van der Waals surface area contributed by atoms with Crippen molar-refractivity contribution >= 4 is 11.0 Å². The van der Waals surface area contributed by atoms with E-state index in [1.807, 2.05) is 13.0 Å². The molecule has 1 fully saturated rings. The van der Waals surface area contributed by atoms with Crippen LogP contribution < -0.4 is 15.6 Å². The van der Waals surface area contributed by atoms with Crippen LogP contribution in [-0.4, -0.2) is 48.2 Å². The SMILES string of the molecule is COc1nc2ccc(CN3CCNCC3)c(C)c2[nH]c1=O. The van der Waals surface area contributed by atoms with Crippen LogP contribution in [0.2, 0.25) is 0 Å². The molecule has 6 heteroatoms. The largest absolute Gasteiger partial charge is 0.477 e. The summed E-state index contributed by atoms with van der Waals surface area (Å²) in [6, 6.07) is 4.03. The number of methoxy groups -OCH3 is 1. The Morgan fingerprint density at radius 2 is 2.10 bits per heavy atom. The van der Waals surface area contributed by atoms with Crippen LogP contribution in [0.4, 0.5) is 0 Å². The van der Waals surface area contributed by atoms with Crippen LogP contribution in [0.25, 0.3) is 11.0 Å². The number of benzene rings is 1. The lowest BCUT2D eigenvalue weighted by Gasteiger charge is -2.27. The van der Waals surface area contributed by atoms with E-state index in [-0.39, 0.29) is 11.4 Å². The Bertz CT molecular complexity index is 705. The van der Waals surface area contributed by atoms with E-state index in [0.717, 1.165) is 49.3 Å². The fourth-order valence-electron chi connectivity index (χ4n) is 2.74. The van der Waals surface area contributed by atoms with Gasteiger partial charge >= 0.3 is 5.56 Å². The minimum atomic E-state index is -0.285. The smallest absolute Gasteiger partial charge is 0.311 e. The van der Waals surface area contributed by atoms with Crippen LogP contribution >= 0.6 is 0 Å². The number of nitrogens with one attached hydrogen (secondary N) is 2. The summed E-state index contributed by atoms with van der Waals surface area (Å²) >= 11 is 0. The standard InChI is InChI=1S/C15H20N4O2/c1-10-11(9-19-7-5-16-6-8-19)3-4-12-13(10)18-14(20)15(17-12)21-2/h3-4,16H,5-9H2,1-2H3,(H,18,20). The lowest BCUT2D eigenvalue weighted by Crippen LogP contribution is -2.43. The molecule has 0 saturated carbocycles. The van der Waals surface area contributed by atoms with Crippen LogP contribution in [0.15, 0.2) is 16.9 Å². The van der Waals surface area contributed by atoms with Gasteiger partial charge in [-0.1, -0.05) is 6.07 Å². The first-order valence-electron chi connectivity index (χ1n) is 7.18. The van der Waals surface area contributed by atoms with Crippen LogP contribution in [0.3, 0.4) is 0 Å². The van der Waals surface area contributed by atoms with Gasteiger partial charge in [0.2, 0.25) is 0 Å². The molecule has 1 saturated heterocycles. The quantitative estimate of drug-likeness (QED) is 0.867. The molecule has 21 heavy (non-hydrogen) atoms. The number of piperazine rings is 1. The lowest BCUT2D eigenvalue weighted by molar-refractivity contribution is 0.233. The highest BCUT2D eigenvalue weighted by atomic mass is 16.5. The van der Waals surface area contributed by atoms with Gasteiger partial charge in [-0.05, 0) is 24.1 Å². The number of hydrogen-bond donors (Lipinski definition) is 2. The second-order valence-corrected chi connectivity index (χ2v) is 5.35. The number of nitrogens with zero attached hydrogens (tertiary/aromatic N) is 2. The Morgan fingerprint density at radius 3 is 2.81 bits per heavy atom. The van der Waals surface area contributed by atoms with Gasteiger partial charge in [0, 0.05) is 32.7 Å². The summed E-state index contributed by atoms with van der Waals surface area (Å²) in [7, 11) is 1.45. The third-order valence-electron chi connectivity index (χ3n) is 4.01. The highest BCUT2D eigenvalue weighted by molar-refractivity contribution is 5.79. The monoisotopic (exact) mass is 288 g/mol. The summed E-state index contributed by atoms with van der Waals surface area (Å²) < 4.78 is 4.97. The third kappa shape index (κ3) is 2.77. The van der Waals surface area contributed by atoms with Crippen LogP contribution in [0.5, 0.6) is 5.88 Å². The minimum Gasteiger partial charge on any atom is -0.477 e. The predicted octanol–water partition coefficient (Wildman–Crippen LogP) is 0.645. The molecule has 2 aromatic rings. The first-order valence-corrected chi connectivity index (χ1v) is 7.18. The normalized spacial score (nSPS) is 16.3. The van der Waals surface area contributed by atoms with Gasteiger partial charge in [-0.15, -0.1) is 0 Å². The molecule has 3 rings (SSSR count). The summed E-state index contributed by atoms with van der Waals surface area (Å²) in [4.78, 5) is 21.4. The molecule has 0 aliphatic carbocycles. The predicted molar refractivity (Wildman–Crippen MR) is 81.8 cm³/mol. The number of rotatable bonds is 3. The summed E-state index contributed by atoms with van der Waals surface area (Å²) in [6.45, 7) is 7.09. The zero-order chi connectivity index (χ0) is 14.8. The molecule has 112 valence electrons.